The van der Waals surface area contributed by atoms with Crippen molar-refractivity contribution in [1.82, 2.24) is 19.4 Å². The van der Waals surface area contributed by atoms with Crippen LogP contribution in [-0.4, -0.2) is 59.3 Å². The summed E-state index contributed by atoms with van der Waals surface area (Å²) in [7, 11) is 3.24. The number of hydrogen-bond donors (Lipinski definition) is 0. The number of aromatic nitrogens is 3. The van der Waals surface area contributed by atoms with Crippen molar-refractivity contribution in [2.75, 3.05) is 33.9 Å². The molecule has 1 amide bonds. The van der Waals surface area contributed by atoms with Crippen LogP contribution < -0.4 is 4.74 Å². The van der Waals surface area contributed by atoms with Gasteiger partial charge in [-0.15, -0.1) is 0 Å². The van der Waals surface area contributed by atoms with Crippen LogP contribution in [0.2, 0.25) is 0 Å². The van der Waals surface area contributed by atoms with Crippen molar-refractivity contribution in [3.05, 3.63) is 42.1 Å². The Hall–Kier alpha value is -2.41. The number of rotatable bonds is 6. The molecule has 1 saturated heterocycles. The summed E-state index contributed by atoms with van der Waals surface area (Å²) in [6.07, 6.45) is 7.40. The summed E-state index contributed by atoms with van der Waals surface area (Å²) >= 11 is 0. The predicted molar refractivity (Wildman–Crippen MR) is 92.8 cm³/mol. The SMILES string of the molecule is COCCn1ccnc1[C@@H]1CCCN(C(=O)c2ccnc(OC)c2)C1. The second kappa shape index (κ2) is 8.11. The molecule has 134 valence electrons. The number of pyridine rings is 1. The first kappa shape index (κ1) is 17.4. The van der Waals surface area contributed by atoms with E-state index in [1.165, 1.54) is 0 Å². The van der Waals surface area contributed by atoms with Gasteiger partial charge in [-0.2, -0.15) is 0 Å². The summed E-state index contributed by atoms with van der Waals surface area (Å²) in [5.74, 6) is 1.74. The molecule has 2 aromatic rings. The second-order valence-corrected chi connectivity index (χ2v) is 6.15. The van der Waals surface area contributed by atoms with E-state index in [1.807, 2.05) is 17.3 Å². The monoisotopic (exact) mass is 344 g/mol. The second-order valence-electron chi connectivity index (χ2n) is 6.15. The Balaban J connectivity index is 1.72. The van der Waals surface area contributed by atoms with Gasteiger partial charge in [0.2, 0.25) is 5.88 Å². The Morgan fingerprint density at radius 3 is 3.00 bits per heavy atom. The predicted octanol–water partition coefficient (Wildman–Crippen LogP) is 1.95. The van der Waals surface area contributed by atoms with Gasteiger partial charge in [0.1, 0.15) is 5.82 Å². The Bertz CT molecular complexity index is 716. The van der Waals surface area contributed by atoms with E-state index in [4.69, 9.17) is 9.47 Å². The Morgan fingerprint density at radius 2 is 2.20 bits per heavy atom. The zero-order valence-electron chi connectivity index (χ0n) is 14.7. The highest BCUT2D eigenvalue weighted by Gasteiger charge is 2.28. The van der Waals surface area contributed by atoms with Crippen LogP contribution in [0.4, 0.5) is 0 Å². The van der Waals surface area contributed by atoms with Gasteiger partial charge in [0.25, 0.3) is 5.91 Å². The third-order valence-corrected chi connectivity index (χ3v) is 4.55. The Labute approximate surface area is 147 Å². The summed E-state index contributed by atoms with van der Waals surface area (Å²) < 4.78 is 12.4. The van der Waals surface area contributed by atoms with Gasteiger partial charge in [0.15, 0.2) is 0 Å². The number of carbonyl (C=O) groups is 1. The summed E-state index contributed by atoms with van der Waals surface area (Å²) in [6, 6.07) is 3.42. The van der Waals surface area contributed by atoms with Gasteiger partial charge in [-0.3, -0.25) is 4.79 Å². The van der Waals surface area contributed by atoms with E-state index >= 15 is 0 Å². The third-order valence-electron chi connectivity index (χ3n) is 4.55. The largest absolute Gasteiger partial charge is 0.481 e. The van der Waals surface area contributed by atoms with Gasteiger partial charge < -0.3 is 18.9 Å². The van der Waals surface area contributed by atoms with E-state index in [2.05, 4.69) is 14.5 Å². The molecule has 0 unspecified atom stereocenters. The van der Waals surface area contributed by atoms with Crippen molar-refractivity contribution in [3.8, 4) is 5.88 Å². The molecular weight excluding hydrogens is 320 g/mol. The first-order valence-corrected chi connectivity index (χ1v) is 8.52. The summed E-state index contributed by atoms with van der Waals surface area (Å²) in [4.78, 5) is 23.3. The normalized spacial score (nSPS) is 17.5. The fourth-order valence-corrected chi connectivity index (χ4v) is 3.27. The van der Waals surface area contributed by atoms with E-state index in [1.54, 1.807) is 32.5 Å². The quantitative estimate of drug-likeness (QED) is 0.801. The first-order valence-electron chi connectivity index (χ1n) is 8.52. The number of carbonyl (C=O) groups excluding carboxylic acids is 1. The molecule has 25 heavy (non-hydrogen) atoms. The number of imidazole rings is 1. The van der Waals surface area contributed by atoms with E-state index in [0.717, 1.165) is 31.8 Å². The molecule has 3 heterocycles. The molecule has 0 saturated carbocycles. The van der Waals surface area contributed by atoms with Gasteiger partial charge in [-0.25, -0.2) is 9.97 Å². The third kappa shape index (κ3) is 3.99. The molecule has 0 aliphatic carbocycles. The lowest BCUT2D eigenvalue weighted by atomic mass is 9.96. The average molecular weight is 344 g/mol. The van der Waals surface area contributed by atoms with Crippen LogP contribution in [0.3, 0.4) is 0 Å². The maximum Gasteiger partial charge on any atom is 0.254 e. The van der Waals surface area contributed by atoms with Crippen molar-refractivity contribution < 1.29 is 14.3 Å². The minimum absolute atomic E-state index is 0.0143. The van der Waals surface area contributed by atoms with Crippen molar-refractivity contribution >= 4 is 5.91 Å². The van der Waals surface area contributed by atoms with Gasteiger partial charge >= 0.3 is 0 Å². The Morgan fingerprint density at radius 1 is 1.32 bits per heavy atom. The molecule has 1 atom stereocenters. The van der Waals surface area contributed by atoms with Gasteiger partial charge in [-0.1, -0.05) is 0 Å². The van der Waals surface area contributed by atoms with Gasteiger partial charge in [-0.05, 0) is 18.9 Å². The molecule has 1 aliphatic rings. The molecule has 0 N–H and O–H groups in total. The zero-order valence-corrected chi connectivity index (χ0v) is 14.7. The van der Waals surface area contributed by atoms with Crippen molar-refractivity contribution in [1.29, 1.82) is 0 Å². The Kier molecular flexibility index (Phi) is 5.65. The minimum Gasteiger partial charge on any atom is -0.481 e. The number of amides is 1. The number of ether oxygens (including phenoxy) is 2. The van der Waals surface area contributed by atoms with Crippen molar-refractivity contribution in [2.24, 2.45) is 0 Å². The van der Waals surface area contributed by atoms with Crippen LogP contribution in [-0.2, 0) is 11.3 Å². The van der Waals surface area contributed by atoms with Crippen LogP contribution in [0.1, 0.15) is 34.9 Å². The van der Waals surface area contributed by atoms with Gasteiger partial charge in [0, 0.05) is 62.9 Å². The fourth-order valence-electron chi connectivity index (χ4n) is 3.27. The lowest BCUT2D eigenvalue weighted by Gasteiger charge is -2.32. The van der Waals surface area contributed by atoms with E-state index in [-0.39, 0.29) is 11.8 Å². The van der Waals surface area contributed by atoms with Crippen LogP contribution in [0.15, 0.2) is 30.7 Å². The molecule has 3 rings (SSSR count). The molecule has 1 aliphatic heterocycles. The minimum atomic E-state index is 0.0143. The number of hydrogen-bond acceptors (Lipinski definition) is 5. The van der Waals surface area contributed by atoms with Gasteiger partial charge in [0.05, 0.1) is 13.7 Å². The molecule has 1 fully saturated rings. The zero-order chi connectivity index (χ0) is 17.6. The molecule has 0 aromatic carbocycles. The van der Waals surface area contributed by atoms with Crippen molar-refractivity contribution in [2.45, 2.75) is 25.3 Å². The fraction of sp³-hybridized carbons (Fsp3) is 0.500. The molecule has 7 nitrogen and oxygen atoms in total. The summed E-state index contributed by atoms with van der Waals surface area (Å²) in [5.41, 5.74) is 0.607. The smallest absolute Gasteiger partial charge is 0.254 e. The lowest BCUT2D eigenvalue weighted by Crippen LogP contribution is -2.39. The maximum atomic E-state index is 12.8. The lowest BCUT2D eigenvalue weighted by molar-refractivity contribution is 0.0702. The molecule has 0 radical (unpaired) electrons. The average Bonchev–Trinajstić information content (AvgIpc) is 3.14. The maximum absolute atomic E-state index is 12.8. The standard InChI is InChI=1S/C18H24N4O3/c1-24-11-10-21-9-7-20-17(21)15-4-3-8-22(13-15)18(23)14-5-6-19-16(12-14)25-2/h5-7,9,12,15H,3-4,8,10-11,13H2,1-2H3/t15-/m1/s1. The summed E-state index contributed by atoms with van der Waals surface area (Å²) in [6.45, 7) is 2.86. The molecule has 7 heteroatoms. The molecule has 0 bridgehead atoms. The summed E-state index contributed by atoms with van der Waals surface area (Å²) in [5, 5.41) is 0. The number of likely N-dealkylation sites (tertiary alicyclic amines) is 1. The van der Waals surface area contributed by atoms with Crippen LogP contribution in [0.25, 0.3) is 0 Å². The van der Waals surface area contributed by atoms with E-state index in [9.17, 15) is 4.79 Å². The highest BCUT2D eigenvalue weighted by molar-refractivity contribution is 5.94. The van der Waals surface area contributed by atoms with Crippen LogP contribution in [0, 0.1) is 0 Å². The highest BCUT2D eigenvalue weighted by Crippen LogP contribution is 2.27. The first-order chi connectivity index (χ1) is 12.2. The van der Waals surface area contributed by atoms with E-state index in [0.29, 0.717) is 24.6 Å². The highest BCUT2D eigenvalue weighted by atomic mass is 16.5. The number of piperidine rings is 1. The number of methoxy groups -OCH3 is 2. The van der Waals surface area contributed by atoms with Crippen molar-refractivity contribution in [3.63, 3.8) is 0 Å². The van der Waals surface area contributed by atoms with Crippen LogP contribution >= 0.6 is 0 Å². The molecule has 2 aromatic heterocycles. The number of nitrogens with zero attached hydrogens (tertiary/aromatic N) is 4. The topological polar surface area (TPSA) is 69.5 Å². The molecule has 0 spiro atoms. The van der Waals surface area contributed by atoms with E-state index < -0.39 is 0 Å². The van der Waals surface area contributed by atoms with Crippen LogP contribution in [0.5, 0.6) is 5.88 Å². The molecular formula is C18H24N4O3.